The molecule has 4 heteroatoms. The van der Waals surface area contributed by atoms with E-state index >= 15 is 0 Å². The summed E-state index contributed by atoms with van der Waals surface area (Å²) < 4.78 is 0. The number of aromatic hydroxyl groups is 2. The number of phenols is 2. The minimum Gasteiger partial charge on any atom is -0.508 e. The second-order valence-electron chi connectivity index (χ2n) is 14.3. The summed E-state index contributed by atoms with van der Waals surface area (Å²) in [6, 6.07) is 12.0. The van der Waals surface area contributed by atoms with Crippen LogP contribution in [0.2, 0.25) is 0 Å². The Hall–Kier alpha value is -2.04. The highest BCUT2D eigenvalue weighted by molar-refractivity contribution is 5.40. The predicted octanol–water partition coefficient (Wildman–Crippen LogP) is 7.40. The smallest absolute Gasteiger partial charge is 0.120 e. The minimum absolute atomic E-state index is 0.0419. The number of hydrogen-bond donors (Lipinski definition) is 4. The molecule has 0 aliphatic carbocycles. The molecule has 2 aromatic rings. The van der Waals surface area contributed by atoms with Gasteiger partial charge in [0.1, 0.15) is 11.5 Å². The summed E-state index contributed by atoms with van der Waals surface area (Å²) in [7, 11) is 0. The van der Waals surface area contributed by atoms with Crippen molar-refractivity contribution in [1.82, 2.24) is 10.6 Å². The van der Waals surface area contributed by atoms with Crippen molar-refractivity contribution < 1.29 is 10.2 Å². The van der Waals surface area contributed by atoms with Crippen LogP contribution in [0.25, 0.3) is 0 Å². The van der Waals surface area contributed by atoms with Gasteiger partial charge in [0.25, 0.3) is 0 Å². The lowest BCUT2D eigenvalue weighted by molar-refractivity contribution is 0.283. The fraction of sp³-hybridized carbons (Fsp3) is 0.625. The molecule has 0 aliphatic rings. The SMILES string of the molecule is CC(C)(C)CC(C)(C)c1ccc(O)c(CNCCNCc2cc(C(C)(C)CC(C)(C)C)ccc2O)c1. The largest absolute Gasteiger partial charge is 0.508 e. The van der Waals surface area contributed by atoms with Gasteiger partial charge in [-0.2, -0.15) is 0 Å². The van der Waals surface area contributed by atoms with Crippen molar-refractivity contribution in [2.45, 2.75) is 106 Å². The topological polar surface area (TPSA) is 64.5 Å². The van der Waals surface area contributed by atoms with Crippen molar-refractivity contribution >= 4 is 0 Å². The Bertz CT molecular complexity index is 913. The molecule has 202 valence electrons. The Labute approximate surface area is 220 Å². The van der Waals surface area contributed by atoms with Crippen LogP contribution in [0.4, 0.5) is 0 Å². The summed E-state index contributed by atoms with van der Waals surface area (Å²) in [4.78, 5) is 0. The number of phenolic OH excluding ortho intramolecular Hbond substituents is 2. The van der Waals surface area contributed by atoms with E-state index in [1.807, 2.05) is 12.1 Å². The van der Waals surface area contributed by atoms with E-state index in [-0.39, 0.29) is 21.7 Å². The molecule has 0 aliphatic heterocycles. The van der Waals surface area contributed by atoms with Gasteiger partial charge in [0.05, 0.1) is 0 Å². The van der Waals surface area contributed by atoms with Crippen molar-refractivity contribution in [1.29, 1.82) is 0 Å². The maximum atomic E-state index is 10.4. The summed E-state index contributed by atoms with van der Waals surface area (Å²) in [6.07, 6.45) is 2.14. The Kier molecular flexibility index (Phi) is 9.70. The van der Waals surface area contributed by atoms with Gasteiger partial charge in [0, 0.05) is 37.3 Å². The van der Waals surface area contributed by atoms with Crippen molar-refractivity contribution in [3.63, 3.8) is 0 Å². The first-order valence-corrected chi connectivity index (χ1v) is 13.5. The summed E-state index contributed by atoms with van der Waals surface area (Å²) in [5, 5.41) is 27.7. The molecule has 36 heavy (non-hydrogen) atoms. The zero-order valence-electron chi connectivity index (χ0n) is 24.6. The van der Waals surface area contributed by atoms with Gasteiger partial charge >= 0.3 is 0 Å². The first-order valence-electron chi connectivity index (χ1n) is 13.5. The molecule has 0 heterocycles. The average molecular weight is 497 g/mol. The van der Waals surface area contributed by atoms with Gasteiger partial charge in [-0.3, -0.25) is 0 Å². The lowest BCUT2D eigenvalue weighted by Crippen LogP contribution is -2.28. The number of hydrogen-bond acceptors (Lipinski definition) is 4. The number of benzene rings is 2. The van der Waals surface area contributed by atoms with Crippen LogP contribution in [-0.2, 0) is 23.9 Å². The third kappa shape index (κ3) is 9.44. The van der Waals surface area contributed by atoms with Crippen LogP contribution in [0.1, 0.15) is 104 Å². The van der Waals surface area contributed by atoms with E-state index in [1.165, 1.54) is 11.1 Å². The summed E-state index contributed by atoms with van der Waals surface area (Å²) in [6.45, 7) is 25.5. The van der Waals surface area contributed by atoms with E-state index < -0.39 is 0 Å². The van der Waals surface area contributed by atoms with E-state index in [2.05, 4.69) is 104 Å². The molecule has 4 N–H and O–H groups in total. The predicted molar refractivity (Wildman–Crippen MR) is 154 cm³/mol. The lowest BCUT2D eigenvalue weighted by Gasteiger charge is -2.33. The molecule has 0 bridgehead atoms. The molecule has 2 rings (SSSR count). The van der Waals surface area contributed by atoms with Gasteiger partial charge in [0.15, 0.2) is 0 Å². The highest BCUT2D eigenvalue weighted by atomic mass is 16.3. The highest BCUT2D eigenvalue weighted by Crippen LogP contribution is 2.38. The van der Waals surface area contributed by atoms with Crippen molar-refractivity contribution in [3.8, 4) is 11.5 Å². The molecule has 2 aromatic carbocycles. The standard InChI is InChI=1S/C32H52N2O2/c1-29(2,3)21-31(7,8)25-11-13-27(35)23(17-25)19-33-15-16-34-20-24-18-26(12-14-28(24)36)32(9,10)22-30(4,5)6/h11-14,17-18,33-36H,15-16,19-22H2,1-10H3. The Morgan fingerprint density at radius 3 is 1.19 bits per heavy atom. The van der Waals surface area contributed by atoms with Crippen LogP contribution >= 0.6 is 0 Å². The van der Waals surface area contributed by atoms with E-state index in [1.54, 1.807) is 0 Å². The van der Waals surface area contributed by atoms with Crippen LogP contribution in [-0.4, -0.2) is 23.3 Å². The maximum absolute atomic E-state index is 10.4. The minimum atomic E-state index is 0.0419. The zero-order chi connectivity index (χ0) is 27.4. The molecule has 0 atom stereocenters. The molecule has 0 unspecified atom stereocenters. The van der Waals surface area contributed by atoms with Crippen LogP contribution in [0.3, 0.4) is 0 Å². The first-order chi connectivity index (χ1) is 16.4. The third-order valence-electron chi connectivity index (χ3n) is 6.78. The molecule has 0 saturated carbocycles. The van der Waals surface area contributed by atoms with Gasteiger partial charge in [-0.25, -0.2) is 0 Å². The fourth-order valence-corrected chi connectivity index (χ4v) is 5.77. The normalized spacial score (nSPS) is 13.3. The molecule has 0 spiro atoms. The van der Waals surface area contributed by atoms with E-state index in [9.17, 15) is 10.2 Å². The molecule has 0 fully saturated rings. The molecular weight excluding hydrogens is 444 g/mol. The molecule has 0 saturated heterocycles. The van der Waals surface area contributed by atoms with E-state index in [4.69, 9.17) is 0 Å². The van der Waals surface area contributed by atoms with Gasteiger partial charge in [-0.05, 0) is 57.8 Å². The van der Waals surface area contributed by atoms with Crippen molar-refractivity contribution in [3.05, 3.63) is 58.7 Å². The average Bonchev–Trinajstić information content (AvgIpc) is 2.69. The fourth-order valence-electron chi connectivity index (χ4n) is 5.77. The highest BCUT2D eigenvalue weighted by Gasteiger charge is 2.28. The van der Waals surface area contributed by atoms with Gasteiger partial charge in [-0.15, -0.1) is 0 Å². The van der Waals surface area contributed by atoms with Crippen molar-refractivity contribution in [2.24, 2.45) is 10.8 Å². The van der Waals surface area contributed by atoms with Crippen LogP contribution in [0.5, 0.6) is 11.5 Å². The number of nitrogens with one attached hydrogen (secondary N) is 2. The zero-order valence-corrected chi connectivity index (χ0v) is 24.6. The first kappa shape index (κ1) is 30.2. The van der Waals surface area contributed by atoms with Crippen LogP contribution < -0.4 is 10.6 Å². The lowest BCUT2D eigenvalue weighted by atomic mass is 9.72. The second kappa shape index (κ2) is 11.6. The molecule has 0 amide bonds. The molecule has 0 radical (unpaired) electrons. The Morgan fingerprint density at radius 2 is 0.889 bits per heavy atom. The summed E-state index contributed by atoms with van der Waals surface area (Å²) >= 11 is 0. The summed E-state index contributed by atoms with van der Waals surface area (Å²) in [5.41, 5.74) is 4.94. The Balaban J connectivity index is 1.90. The quantitative estimate of drug-likeness (QED) is 0.245. The van der Waals surface area contributed by atoms with Gasteiger partial charge in [0.2, 0.25) is 0 Å². The van der Waals surface area contributed by atoms with Crippen molar-refractivity contribution in [2.75, 3.05) is 13.1 Å². The van der Waals surface area contributed by atoms with Crippen LogP contribution in [0.15, 0.2) is 36.4 Å². The van der Waals surface area contributed by atoms with Gasteiger partial charge in [-0.1, -0.05) is 93.5 Å². The van der Waals surface area contributed by atoms with Gasteiger partial charge < -0.3 is 20.8 Å². The summed E-state index contributed by atoms with van der Waals surface area (Å²) in [5.74, 6) is 0.677. The molecule has 0 aromatic heterocycles. The van der Waals surface area contributed by atoms with Crippen LogP contribution in [0, 0.1) is 10.8 Å². The maximum Gasteiger partial charge on any atom is 0.120 e. The molecule has 4 nitrogen and oxygen atoms in total. The Morgan fingerprint density at radius 1 is 0.556 bits per heavy atom. The third-order valence-corrected chi connectivity index (χ3v) is 6.78. The van der Waals surface area contributed by atoms with E-state index in [0.717, 1.165) is 37.1 Å². The van der Waals surface area contributed by atoms with E-state index in [0.29, 0.717) is 24.6 Å². The molecular formula is C32H52N2O2. The monoisotopic (exact) mass is 496 g/mol. The second-order valence-corrected chi connectivity index (χ2v) is 14.3. The number of rotatable bonds is 11.